The molecule has 2 aromatic heterocycles. The van der Waals surface area contributed by atoms with E-state index in [2.05, 4.69) is 54.3 Å². The number of hydrogen-bond donors (Lipinski definition) is 0. The number of methoxy groups -OCH3 is 1. The van der Waals surface area contributed by atoms with Gasteiger partial charge in [0.25, 0.3) is 0 Å². The van der Waals surface area contributed by atoms with E-state index in [9.17, 15) is 0 Å². The molecule has 2 aromatic rings. The van der Waals surface area contributed by atoms with Crippen molar-refractivity contribution in [3.63, 3.8) is 0 Å². The van der Waals surface area contributed by atoms with Crippen LogP contribution in [0.5, 0.6) is 5.75 Å². The molecule has 0 atom stereocenters. The average Bonchev–Trinajstić information content (AvgIpc) is 3.14. The fourth-order valence-corrected chi connectivity index (χ4v) is 3.24. The molecular weight excluding hydrogens is 362 g/mol. The second kappa shape index (κ2) is 10.0. The van der Waals surface area contributed by atoms with Gasteiger partial charge in [-0.2, -0.15) is 5.10 Å². The van der Waals surface area contributed by atoms with Crippen molar-refractivity contribution < 1.29 is 4.74 Å². The molecule has 1 aliphatic heterocycles. The highest BCUT2D eigenvalue weighted by molar-refractivity contribution is 5.69. The predicted molar refractivity (Wildman–Crippen MR) is 119 cm³/mol. The van der Waals surface area contributed by atoms with Crippen molar-refractivity contribution in [3.8, 4) is 5.75 Å². The maximum atomic E-state index is 5.64. The predicted octanol–water partition coefficient (Wildman–Crippen LogP) is 5.23. The maximum Gasteiger partial charge on any atom is 0.179 e. The van der Waals surface area contributed by atoms with Crippen molar-refractivity contribution in [2.45, 2.75) is 59.4 Å². The highest BCUT2D eigenvalue weighted by atomic mass is 16.5. The van der Waals surface area contributed by atoms with Gasteiger partial charge in [-0.1, -0.05) is 25.0 Å². The molecule has 0 radical (unpaired) electrons. The second-order valence-electron chi connectivity index (χ2n) is 7.48. The van der Waals surface area contributed by atoms with Crippen LogP contribution in [0.4, 0.5) is 5.82 Å². The molecule has 3 rings (SSSR count). The minimum atomic E-state index is 0.725. The number of fused-ring (bicyclic) bond motifs is 1. The molecule has 0 bridgehead atoms. The molecule has 0 fully saturated rings. The standard InChI is InChI=1S/C23H31N5O/c1-5-6-8-13-27(17-18(2)3)23-20(29-4)15-19(16-24-23)11-12-21-25-22-10-7-9-14-28(22)26-21/h8,11-13,15-17H,5-7,9-10,14H2,1-4H3/b12-11+,13-8-. The van der Waals surface area contributed by atoms with E-state index in [1.807, 2.05) is 34.0 Å². The maximum absolute atomic E-state index is 5.64. The molecule has 0 unspecified atom stereocenters. The third-order valence-corrected chi connectivity index (χ3v) is 4.65. The Kier molecular flexibility index (Phi) is 7.22. The van der Waals surface area contributed by atoms with E-state index in [1.54, 1.807) is 7.11 Å². The largest absolute Gasteiger partial charge is 0.493 e. The molecule has 1 aliphatic rings. The van der Waals surface area contributed by atoms with E-state index < -0.39 is 0 Å². The number of aryl methyl sites for hydroxylation is 2. The smallest absolute Gasteiger partial charge is 0.179 e. The fraction of sp³-hybridized carbons (Fsp3) is 0.435. The molecule has 29 heavy (non-hydrogen) atoms. The van der Waals surface area contributed by atoms with Crippen LogP contribution >= 0.6 is 0 Å². The fourth-order valence-electron chi connectivity index (χ4n) is 3.24. The zero-order valence-corrected chi connectivity index (χ0v) is 17.9. The lowest BCUT2D eigenvalue weighted by atomic mass is 10.2. The number of ether oxygens (including phenoxy) is 1. The first kappa shape index (κ1) is 20.8. The van der Waals surface area contributed by atoms with Crippen LogP contribution in [0.2, 0.25) is 0 Å². The summed E-state index contributed by atoms with van der Waals surface area (Å²) in [6.07, 6.45) is 17.6. The number of aromatic nitrogens is 4. The first-order valence-corrected chi connectivity index (χ1v) is 10.4. The molecule has 0 N–H and O–H groups in total. The summed E-state index contributed by atoms with van der Waals surface area (Å²) in [5.74, 6) is 3.33. The summed E-state index contributed by atoms with van der Waals surface area (Å²) in [5, 5.41) is 4.57. The van der Waals surface area contributed by atoms with Gasteiger partial charge in [0.2, 0.25) is 0 Å². The Hall–Kier alpha value is -2.89. The molecule has 0 aliphatic carbocycles. The van der Waals surface area contributed by atoms with Crippen molar-refractivity contribution in [2.75, 3.05) is 12.0 Å². The normalized spacial score (nSPS) is 13.7. The highest BCUT2D eigenvalue weighted by Crippen LogP contribution is 2.28. The summed E-state index contributed by atoms with van der Waals surface area (Å²) in [7, 11) is 1.68. The van der Waals surface area contributed by atoms with Gasteiger partial charge in [0.1, 0.15) is 5.82 Å². The van der Waals surface area contributed by atoms with Crippen molar-refractivity contribution in [2.24, 2.45) is 0 Å². The Bertz CT molecular complexity index is 882. The quantitative estimate of drug-likeness (QED) is 0.614. The Balaban J connectivity index is 1.83. The van der Waals surface area contributed by atoms with Gasteiger partial charge in [-0.3, -0.25) is 0 Å². The topological polar surface area (TPSA) is 56.1 Å². The number of allylic oxidation sites excluding steroid dienone is 2. The molecule has 0 saturated carbocycles. The minimum absolute atomic E-state index is 0.725. The number of unbranched alkanes of at least 4 members (excludes halogenated alkanes) is 1. The van der Waals surface area contributed by atoms with Crippen molar-refractivity contribution in [3.05, 3.63) is 53.5 Å². The van der Waals surface area contributed by atoms with Gasteiger partial charge < -0.3 is 9.64 Å². The van der Waals surface area contributed by atoms with Gasteiger partial charge in [0.05, 0.1) is 7.11 Å². The number of hydrogen-bond acceptors (Lipinski definition) is 5. The van der Waals surface area contributed by atoms with Crippen LogP contribution in [0, 0.1) is 0 Å². The van der Waals surface area contributed by atoms with E-state index in [4.69, 9.17) is 4.74 Å². The van der Waals surface area contributed by atoms with E-state index in [1.165, 1.54) is 18.4 Å². The van der Waals surface area contributed by atoms with Gasteiger partial charge in [0, 0.05) is 31.6 Å². The van der Waals surface area contributed by atoms with Crippen LogP contribution < -0.4 is 9.64 Å². The van der Waals surface area contributed by atoms with E-state index in [0.717, 1.165) is 54.6 Å². The van der Waals surface area contributed by atoms with Gasteiger partial charge >= 0.3 is 0 Å². The average molecular weight is 394 g/mol. The lowest BCUT2D eigenvalue weighted by molar-refractivity contribution is 0.414. The van der Waals surface area contributed by atoms with Crippen molar-refractivity contribution >= 4 is 18.0 Å². The van der Waals surface area contributed by atoms with Gasteiger partial charge in [-0.15, -0.1) is 0 Å². The van der Waals surface area contributed by atoms with Crippen LogP contribution in [0.15, 0.2) is 36.3 Å². The SMILES string of the molecule is CCC/C=C\N(C=C(C)C)c1ncc(/C=C/c2nc3n(n2)CCCC3)cc1OC. The van der Waals surface area contributed by atoms with Crippen LogP contribution in [0.25, 0.3) is 12.2 Å². The first-order valence-electron chi connectivity index (χ1n) is 10.4. The van der Waals surface area contributed by atoms with E-state index in [0.29, 0.717) is 0 Å². The lowest BCUT2D eigenvalue weighted by Gasteiger charge is -2.18. The monoisotopic (exact) mass is 393 g/mol. The number of anilines is 1. The number of pyridine rings is 1. The van der Waals surface area contributed by atoms with Crippen molar-refractivity contribution in [1.82, 2.24) is 19.7 Å². The lowest BCUT2D eigenvalue weighted by Crippen LogP contribution is -2.11. The molecule has 6 heteroatoms. The molecule has 0 amide bonds. The zero-order valence-electron chi connectivity index (χ0n) is 17.9. The van der Waals surface area contributed by atoms with E-state index in [-0.39, 0.29) is 0 Å². The van der Waals surface area contributed by atoms with E-state index >= 15 is 0 Å². The minimum Gasteiger partial charge on any atom is -0.493 e. The Labute approximate surface area is 173 Å². The van der Waals surface area contributed by atoms with Gasteiger partial charge in [-0.05, 0) is 56.9 Å². The van der Waals surface area contributed by atoms with Crippen LogP contribution in [-0.2, 0) is 13.0 Å². The second-order valence-corrected chi connectivity index (χ2v) is 7.48. The van der Waals surface area contributed by atoms with Crippen molar-refractivity contribution in [1.29, 1.82) is 0 Å². The molecule has 154 valence electrons. The summed E-state index contributed by atoms with van der Waals surface area (Å²) in [4.78, 5) is 11.3. The molecule has 6 nitrogen and oxygen atoms in total. The zero-order chi connectivity index (χ0) is 20.6. The van der Waals surface area contributed by atoms with Crippen LogP contribution in [-0.4, -0.2) is 26.9 Å². The summed E-state index contributed by atoms with van der Waals surface area (Å²) in [5.41, 5.74) is 2.14. The summed E-state index contributed by atoms with van der Waals surface area (Å²) >= 11 is 0. The Morgan fingerprint density at radius 1 is 1.28 bits per heavy atom. The highest BCUT2D eigenvalue weighted by Gasteiger charge is 2.13. The third-order valence-electron chi connectivity index (χ3n) is 4.65. The van der Waals surface area contributed by atoms with Crippen LogP contribution in [0.1, 0.15) is 63.7 Å². The molecule has 3 heterocycles. The molecule has 0 aromatic carbocycles. The molecule has 0 spiro atoms. The molecular formula is C23H31N5O. The number of nitrogens with zero attached hydrogens (tertiary/aromatic N) is 5. The Morgan fingerprint density at radius 3 is 2.86 bits per heavy atom. The summed E-state index contributed by atoms with van der Waals surface area (Å²) in [6, 6.07) is 1.99. The van der Waals surface area contributed by atoms with Gasteiger partial charge in [0.15, 0.2) is 17.4 Å². The number of rotatable bonds is 8. The molecule has 0 saturated heterocycles. The first-order chi connectivity index (χ1) is 14.1. The van der Waals surface area contributed by atoms with Crippen LogP contribution in [0.3, 0.4) is 0 Å². The summed E-state index contributed by atoms with van der Waals surface area (Å²) < 4.78 is 7.66. The Morgan fingerprint density at radius 2 is 2.14 bits per heavy atom. The third kappa shape index (κ3) is 5.56. The van der Waals surface area contributed by atoms with Gasteiger partial charge in [-0.25, -0.2) is 14.6 Å². The summed E-state index contributed by atoms with van der Waals surface area (Å²) in [6.45, 7) is 7.27.